The molecule has 0 N–H and O–H groups in total. The highest BCUT2D eigenvalue weighted by molar-refractivity contribution is 6.70. The van der Waals surface area contributed by atoms with Gasteiger partial charge < -0.3 is 4.43 Å². The van der Waals surface area contributed by atoms with Crippen LogP contribution in [0.5, 0.6) is 0 Å². The Balaban J connectivity index is 4.28. The van der Waals surface area contributed by atoms with Crippen molar-refractivity contribution in [2.75, 3.05) is 0 Å². The van der Waals surface area contributed by atoms with Gasteiger partial charge in [0.1, 0.15) is 0 Å². The van der Waals surface area contributed by atoms with Crippen molar-refractivity contribution in [2.24, 2.45) is 4.99 Å². The van der Waals surface area contributed by atoms with Gasteiger partial charge in [0.05, 0.1) is 0 Å². The summed E-state index contributed by atoms with van der Waals surface area (Å²) in [5.41, 5.74) is 2.42. The third-order valence-corrected chi connectivity index (χ3v) is 2.46. The number of aliphatic imine (C=N–C) groups is 1. The molecule has 0 unspecified atom stereocenters. The van der Waals surface area contributed by atoms with Crippen LogP contribution in [-0.2, 0) is 4.43 Å². The average molecular weight is 211 g/mol. The molecule has 0 bridgehead atoms. The van der Waals surface area contributed by atoms with Crippen molar-refractivity contribution in [1.82, 2.24) is 0 Å². The number of rotatable bonds is 4. The van der Waals surface area contributed by atoms with Crippen LogP contribution in [0.25, 0.3) is 0 Å². The lowest BCUT2D eigenvalue weighted by molar-refractivity contribution is 0.421. The molecule has 80 valence electrons. The lowest BCUT2D eigenvalue weighted by atomic mass is 10.2. The fourth-order valence-corrected chi connectivity index (χ4v) is 1.44. The van der Waals surface area contributed by atoms with Crippen molar-refractivity contribution in [3.05, 3.63) is 23.6 Å². The average Bonchev–Trinajstić information content (AvgIpc) is 1.96. The molecule has 0 rings (SSSR count). The molecule has 0 radical (unpaired) electrons. The topological polar surface area (TPSA) is 21.6 Å². The van der Waals surface area contributed by atoms with Gasteiger partial charge >= 0.3 is 0 Å². The van der Waals surface area contributed by atoms with Gasteiger partial charge in [-0.2, -0.15) is 0 Å². The van der Waals surface area contributed by atoms with Gasteiger partial charge in [-0.1, -0.05) is 5.57 Å². The van der Waals surface area contributed by atoms with Crippen LogP contribution >= 0.6 is 0 Å². The van der Waals surface area contributed by atoms with E-state index < -0.39 is 8.32 Å². The number of hydrogen-bond acceptors (Lipinski definition) is 2. The maximum absolute atomic E-state index is 5.59. The zero-order valence-electron chi connectivity index (χ0n) is 10.1. The van der Waals surface area contributed by atoms with Crippen molar-refractivity contribution in [1.29, 1.82) is 0 Å². The molecule has 0 aliphatic rings. The Hall–Kier alpha value is -0.833. The third-order valence-electron chi connectivity index (χ3n) is 1.61. The summed E-state index contributed by atoms with van der Waals surface area (Å²) in [4.78, 5) is 4.17. The van der Waals surface area contributed by atoms with Crippen LogP contribution in [0.2, 0.25) is 19.6 Å². The van der Waals surface area contributed by atoms with E-state index in [1.165, 1.54) is 5.57 Å². The standard InChI is InChI=1S/C11H21NOSi/c1-9(2)10(3)8-12-11(4)13-14(5,6)7/h8H,4H2,1-3,5-7H3/b12-8+. The van der Waals surface area contributed by atoms with Gasteiger partial charge in [0.2, 0.25) is 8.32 Å². The minimum Gasteiger partial charge on any atom is -0.532 e. The molecule has 0 aromatic heterocycles. The Morgan fingerprint density at radius 1 is 1.21 bits per heavy atom. The summed E-state index contributed by atoms with van der Waals surface area (Å²) in [6.45, 7) is 16.2. The summed E-state index contributed by atoms with van der Waals surface area (Å²) in [5, 5.41) is 0. The Labute approximate surface area is 88.5 Å². The molecule has 0 aliphatic carbocycles. The highest BCUT2D eigenvalue weighted by atomic mass is 28.4. The van der Waals surface area contributed by atoms with Crippen LogP contribution < -0.4 is 0 Å². The van der Waals surface area contributed by atoms with Crippen LogP contribution in [0.15, 0.2) is 28.6 Å². The van der Waals surface area contributed by atoms with Crippen LogP contribution in [0.3, 0.4) is 0 Å². The van der Waals surface area contributed by atoms with Gasteiger partial charge in [0, 0.05) is 6.21 Å². The first-order chi connectivity index (χ1) is 6.22. The van der Waals surface area contributed by atoms with Gasteiger partial charge in [-0.3, -0.25) is 0 Å². The van der Waals surface area contributed by atoms with Crippen LogP contribution in [0.1, 0.15) is 20.8 Å². The van der Waals surface area contributed by atoms with Gasteiger partial charge in [-0.15, -0.1) is 0 Å². The largest absolute Gasteiger partial charge is 0.532 e. The van der Waals surface area contributed by atoms with Crippen molar-refractivity contribution in [3.8, 4) is 0 Å². The molecule has 0 aromatic rings. The van der Waals surface area contributed by atoms with Crippen molar-refractivity contribution >= 4 is 14.5 Å². The molecule has 0 aliphatic heterocycles. The van der Waals surface area contributed by atoms with E-state index in [9.17, 15) is 0 Å². The summed E-state index contributed by atoms with van der Waals surface area (Å²) < 4.78 is 5.59. The van der Waals surface area contributed by atoms with E-state index in [0.717, 1.165) is 5.57 Å². The maximum atomic E-state index is 5.59. The molecule has 3 heteroatoms. The van der Waals surface area contributed by atoms with E-state index in [-0.39, 0.29) is 0 Å². The molecule has 0 amide bonds. The normalized spacial score (nSPS) is 11.6. The summed E-state index contributed by atoms with van der Waals surface area (Å²) in [6.07, 6.45) is 1.80. The fourth-order valence-electron chi connectivity index (χ4n) is 0.678. The first-order valence-corrected chi connectivity index (χ1v) is 8.19. The molecule has 0 saturated carbocycles. The van der Waals surface area contributed by atoms with Gasteiger partial charge in [0.15, 0.2) is 5.88 Å². The van der Waals surface area contributed by atoms with E-state index in [2.05, 4.69) is 45.1 Å². The van der Waals surface area contributed by atoms with E-state index in [1.807, 2.05) is 6.92 Å². The quantitative estimate of drug-likeness (QED) is 0.394. The number of hydrogen-bond donors (Lipinski definition) is 0. The van der Waals surface area contributed by atoms with Crippen molar-refractivity contribution in [3.63, 3.8) is 0 Å². The number of allylic oxidation sites excluding steroid dienone is 2. The summed E-state index contributed by atoms with van der Waals surface area (Å²) in [5.74, 6) is 0.518. The van der Waals surface area contributed by atoms with Crippen molar-refractivity contribution in [2.45, 2.75) is 40.4 Å². The zero-order chi connectivity index (χ0) is 11.4. The maximum Gasteiger partial charge on any atom is 0.244 e. The molecule has 0 spiro atoms. The first kappa shape index (κ1) is 13.2. The van der Waals surface area contributed by atoms with E-state index in [1.54, 1.807) is 6.21 Å². The fraction of sp³-hybridized carbons (Fsp3) is 0.545. The van der Waals surface area contributed by atoms with E-state index in [0.29, 0.717) is 5.88 Å². The molecule has 0 heterocycles. The van der Waals surface area contributed by atoms with Crippen molar-refractivity contribution < 1.29 is 4.43 Å². The highest BCUT2D eigenvalue weighted by Crippen LogP contribution is 2.09. The molecule has 0 aromatic carbocycles. The Morgan fingerprint density at radius 2 is 1.71 bits per heavy atom. The third kappa shape index (κ3) is 6.66. The lowest BCUT2D eigenvalue weighted by Crippen LogP contribution is -2.24. The zero-order valence-corrected chi connectivity index (χ0v) is 11.1. The second-order valence-electron chi connectivity index (χ2n) is 4.55. The summed E-state index contributed by atoms with van der Waals surface area (Å²) in [7, 11) is -1.55. The summed E-state index contributed by atoms with van der Waals surface area (Å²) >= 11 is 0. The monoisotopic (exact) mass is 211 g/mol. The molecular weight excluding hydrogens is 190 g/mol. The van der Waals surface area contributed by atoms with Crippen LogP contribution in [-0.4, -0.2) is 14.5 Å². The minimum absolute atomic E-state index is 0.518. The first-order valence-electron chi connectivity index (χ1n) is 4.78. The van der Waals surface area contributed by atoms with E-state index >= 15 is 0 Å². The molecule has 0 atom stereocenters. The predicted octanol–water partition coefficient (Wildman–Crippen LogP) is 3.74. The Morgan fingerprint density at radius 3 is 2.07 bits per heavy atom. The predicted molar refractivity (Wildman–Crippen MR) is 66.1 cm³/mol. The second-order valence-corrected chi connectivity index (χ2v) is 8.98. The Bertz CT molecular complexity index is 268. The van der Waals surface area contributed by atoms with E-state index in [4.69, 9.17) is 4.43 Å². The van der Waals surface area contributed by atoms with Gasteiger partial charge in [-0.05, 0) is 52.6 Å². The van der Waals surface area contributed by atoms with Crippen LogP contribution in [0.4, 0.5) is 0 Å². The number of nitrogens with zero attached hydrogens (tertiary/aromatic N) is 1. The van der Waals surface area contributed by atoms with Gasteiger partial charge in [0.25, 0.3) is 0 Å². The molecule has 0 saturated heterocycles. The summed E-state index contributed by atoms with van der Waals surface area (Å²) in [6, 6.07) is 0. The lowest BCUT2D eigenvalue weighted by Gasteiger charge is -2.17. The SMILES string of the molecule is C=C(/N=C/C(C)=C(C)C)O[Si](C)(C)C. The Kier molecular flexibility index (Phi) is 4.84. The minimum atomic E-state index is -1.55. The second kappa shape index (κ2) is 5.15. The van der Waals surface area contributed by atoms with Crippen LogP contribution in [0, 0.1) is 0 Å². The molecule has 14 heavy (non-hydrogen) atoms. The van der Waals surface area contributed by atoms with Gasteiger partial charge in [-0.25, -0.2) is 4.99 Å². The molecule has 0 fully saturated rings. The molecule has 2 nitrogen and oxygen atoms in total. The highest BCUT2D eigenvalue weighted by Gasteiger charge is 2.15. The smallest absolute Gasteiger partial charge is 0.244 e. The molecular formula is C11H21NOSi.